The largest absolute Gasteiger partial charge is 0.315 e. The van der Waals surface area contributed by atoms with Crippen LogP contribution in [-0.4, -0.2) is 14.2 Å². The van der Waals surface area contributed by atoms with Crippen LogP contribution < -0.4 is 5.73 Å². The van der Waals surface area contributed by atoms with Crippen molar-refractivity contribution >= 4 is 25.8 Å². The lowest BCUT2D eigenvalue weighted by Crippen LogP contribution is -2.05. The van der Waals surface area contributed by atoms with Gasteiger partial charge < -0.3 is 5.73 Å². The van der Waals surface area contributed by atoms with Gasteiger partial charge in [0.1, 0.15) is 0 Å². The molecule has 0 amide bonds. The molecule has 0 fully saturated rings. The van der Waals surface area contributed by atoms with Crippen LogP contribution in [0.2, 0.25) is 0 Å². The average Bonchev–Trinajstić information content (AvgIpc) is 2.18. The minimum absolute atomic E-state index is 0.118. The van der Waals surface area contributed by atoms with Crippen molar-refractivity contribution in [1.29, 1.82) is 0 Å². The predicted molar refractivity (Wildman–Crippen MR) is 60.0 cm³/mol. The van der Waals surface area contributed by atoms with Crippen molar-refractivity contribution in [2.24, 2.45) is 5.73 Å². The molecule has 0 aromatic heterocycles. The van der Waals surface area contributed by atoms with Crippen LogP contribution >= 0.6 is 15.9 Å². The summed E-state index contributed by atoms with van der Waals surface area (Å²) in [7, 11) is -3.10. The fourth-order valence-corrected chi connectivity index (χ4v) is 2.21. The Morgan fingerprint density at radius 1 is 1.36 bits per heavy atom. The SMILES string of the molecule is CCS(=O)(=O)c1ccc(C(N)Br)cc1. The number of benzene rings is 1. The van der Waals surface area contributed by atoms with Crippen molar-refractivity contribution in [3.05, 3.63) is 29.8 Å². The Morgan fingerprint density at radius 3 is 2.21 bits per heavy atom. The molecular weight excluding hydrogens is 266 g/mol. The maximum absolute atomic E-state index is 11.4. The molecule has 0 heterocycles. The lowest BCUT2D eigenvalue weighted by molar-refractivity contribution is 0.597. The molecule has 78 valence electrons. The third-order valence-electron chi connectivity index (χ3n) is 1.94. The van der Waals surface area contributed by atoms with E-state index in [1.165, 1.54) is 0 Å². The monoisotopic (exact) mass is 277 g/mol. The summed E-state index contributed by atoms with van der Waals surface area (Å²) in [6.07, 6.45) is 0. The van der Waals surface area contributed by atoms with Gasteiger partial charge in [-0.2, -0.15) is 0 Å². The quantitative estimate of drug-likeness (QED) is 0.678. The summed E-state index contributed by atoms with van der Waals surface area (Å²) in [5.41, 5.74) is 6.43. The van der Waals surface area contributed by atoms with E-state index >= 15 is 0 Å². The maximum Gasteiger partial charge on any atom is 0.178 e. The van der Waals surface area contributed by atoms with E-state index in [0.717, 1.165) is 5.56 Å². The van der Waals surface area contributed by atoms with Crippen molar-refractivity contribution < 1.29 is 8.42 Å². The number of hydrogen-bond acceptors (Lipinski definition) is 3. The van der Waals surface area contributed by atoms with Crippen LogP contribution in [0.5, 0.6) is 0 Å². The van der Waals surface area contributed by atoms with E-state index in [-0.39, 0.29) is 10.7 Å². The zero-order valence-electron chi connectivity index (χ0n) is 7.77. The van der Waals surface area contributed by atoms with Gasteiger partial charge >= 0.3 is 0 Å². The van der Waals surface area contributed by atoms with Crippen LogP contribution in [0.15, 0.2) is 29.2 Å². The van der Waals surface area contributed by atoms with E-state index in [1.807, 2.05) is 0 Å². The Kier molecular flexibility index (Phi) is 3.69. The summed E-state index contributed by atoms with van der Waals surface area (Å²) in [6, 6.07) is 6.58. The van der Waals surface area contributed by atoms with E-state index in [4.69, 9.17) is 5.73 Å². The molecule has 0 saturated carbocycles. The van der Waals surface area contributed by atoms with Crippen molar-refractivity contribution in [2.45, 2.75) is 16.8 Å². The Bertz CT molecular complexity index is 397. The predicted octanol–water partition coefficient (Wildman–Crippen LogP) is 1.83. The molecule has 1 unspecified atom stereocenters. The molecule has 0 spiro atoms. The summed E-state index contributed by atoms with van der Waals surface area (Å²) in [6.45, 7) is 1.62. The standard InChI is InChI=1S/C9H12BrNO2S/c1-2-14(12,13)8-5-3-7(4-6-8)9(10)11/h3-6,9H,2,11H2,1H3. The Balaban J connectivity index is 3.06. The first kappa shape index (κ1) is 11.7. The smallest absolute Gasteiger partial charge is 0.178 e. The Morgan fingerprint density at radius 2 is 1.86 bits per heavy atom. The second kappa shape index (κ2) is 4.42. The lowest BCUT2D eigenvalue weighted by atomic mass is 10.2. The maximum atomic E-state index is 11.4. The van der Waals surface area contributed by atoms with E-state index in [9.17, 15) is 8.42 Å². The molecule has 5 heteroatoms. The Labute approximate surface area is 92.4 Å². The fraction of sp³-hybridized carbons (Fsp3) is 0.333. The van der Waals surface area contributed by atoms with Crippen molar-refractivity contribution in [3.63, 3.8) is 0 Å². The second-order valence-corrected chi connectivity index (χ2v) is 6.14. The number of alkyl halides is 1. The van der Waals surface area contributed by atoms with Gasteiger partial charge in [-0.25, -0.2) is 8.42 Å². The number of halogens is 1. The van der Waals surface area contributed by atoms with Gasteiger partial charge in [0, 0.05) is 0 Å². The molecule has 1 rings (SSSR count). The summed E-state index contributed by atoms with van der Waals surface area (Å²) in [5, 5.41) is 0. The molecule has 0 aliphatic rings. The third kappa shape index (κ3) is 2.56. The molecule has 0 aliphatic heterocycles. The van der Waals surface area contributed by atoms with Gasteiger partial charge in [-0.15, -0.1) is 0 Å². The summed E-state index contributed by atoms with van der Waals surface area (Å²) in [4.78, 5) is 0.0952. The highest BCUT2D eigenvalue weighted by molar-refractivity contribution is 9.09. The molecule has 14 heavy (non-hydrogen) atoms. The molecule has 0 saturated heterocycles. The van der Waals surface area contributed by atoms with E-state index in [1.54, 1.807) is 31.2 Å². The minimum atomic E-state index is -3.10. The normalized spacial score (nSPS) is 13.9. The lowest BCUT2D eigenvalue weighted by Gasteiger charge is -2.05. The van der Waals surface area contributed by atoms with Crippen LogP contribution in [-0.2, 0) is 9.84 Å². The highest BCUT2D eigenvalue weighted by Gasteiger charge is 2.11. The van der Waals surface area contributed by atoms with Crippen LogP contribution in [0.4, 0.5) is 0 Å². The molecule has 1 atom stereocenters. The summed E-state index contributed by atoms with van der Waals surface area (Å²) >= 11 is 3.20. The number of sulfone groups is 1. The molecule has 0 radical (unpaired) electrons. The third-order valence-corrected chi connectivity index (χ3v) is 4.22. The molecular formula is C9H12BrNO2S. The zero-order valence-corrected chi connectivity index (χ0v) is 10.2. The van der Waals surface area contributed by atoms with Crippen LogP contribution in [0, 0.1) is 0 Å². The highest BCUT2D eigenvalue weighted by atomic mass is 79.9. The molecule has 1 aromatic carbocycles. The van der Waals surface area contributed by atoms with Gasteiger partial charge in [0.25, 0.3) is 0 Å². The number of hydrogen-bond donors (Lipinski definition) is 1. The summed E-state index contributed by atoms with van der Waals surface area (Å²) < 4.78 is 22.9. The summed E-state index contributed by atoms with van der Waals surface area (Å²) in [5.74, 6) is 0.118. The molecule has 1 aromatic rings. The van der Waals surface area contributed by atoms with Crippen molar-refractivity contribution in [3.8, 4) is 0 Å². The number of rotatable bonds is 3. The van der Waals surface area contributed by atoms with Gasteiger partial charge in [0.05, 0.1) is 15.6 Å². The van der Waals surface area contributed by atoms with Crippen LogP contribution in [0.1, 0.15) is 17.4 Å². The van der Waals surface area contributed by atoms with E-state index in [2.05, 4.69) is 15.9 Å². The van der Waals surface area contributed by atoms with Crippen LogP contribution in [0.25, 0.3) is 0 Å². The number of nitrogens with two attached hydrogens (primary N) is 1. The van der Waals surface area contributed by atoms with Gasteiger partial charge in [0.2, 0.25) is 0 Å². The minimum Gasteiger partial charge on any atom is -0.315 e. The van der Waals surface area contributed by atoms with Gasteiger partial charge in [0.15, 0.2) is 9.84 Å². The average molecular weight is 278 g/mol. The van der Waals surface area contributed by atoms with Crippen molar-refractivity contribution in [1.82, 2.24) is 0 Å². The van der Waals surface area contributed by atoms with E-state index in [0.29, 0.717) is 4.90 Å². The fourth-order valence-electron chi connectivity index (χ4n) is 1.03. The van der Waals surface area contributed by atoms with E-state index < -0.39 is 9.84 Å². The second-order valence-electron chi connectivity index (χ2n) is 2.87. The molecule has 2 N–H and O–H groups in total. The zero-order chi connectivity index (χ0) is 10.8. The van der Waals surface area contributed by atoms with Gasteiger partial charge in [-0.05, 0) is 17.7 Å². The van der Waals surface area contributed by atoms with Gasteiger partial charge in [-0.3, -0.25) is 0 Å². The van der Waals surface area contributed by atoms with Crippen molar-refractivity contribution in [2.75, 3.05) is 5.75 Å². The first-order valence-electron chi connectivity index (χ1n) is 4.19. The Hall–Kier alpha value is -0.390. The highest BCUT2D eigenvalue weighted by Crippen LogP contribution is 2.19. The first-order chi connectivity index (χ1) is 6.47. The first-order valence-corrected chi connectivity index (χ1v) is 6.76. The molecule has 0 bridgehead atoms. The van der Waals surface area contributed by atoms with Crippen LogP contribution in [0.3, 0.4) is 0 Å². The molecule has 3 nitrogen and oxygen atoms in total. The topological polar surface area (TPSA) is 60.2 Å². The van der Waals surface area contributed by atoms with Gasteiger partial charge in [-0.1, -0.05) is 35.0 Å². The molecule has 0 aliphatic carbocycles.